The molecule has 0 amide bonds. The molecule has 1 aromatic carbocycles. The molecule has 1 aliphatic carbocycles. The number of hydrogen-bond donors (Lipinski definition) is 0. The molecular formula is C10H9. The largest absolute Gasteiger partial charge is 0.0581 e. The van der Waals surface area contributed by atoms with Crippen LogP contribution in [0.15, 0.2) is 12.1 Å². The third-order valence-corrected chi connectivity index (χ3v) is 1.94. The van der Waals surface area contributed by atoms with Gasteiger partial charge in [0, 0.05) is 0 Å². The predicted octanol–water partition coefficient (Wildman–Crippen LogP) is 1.98. The Morgan fingerprint density at radius 1 is 1.40 bits per heavy atom. The van der Waals surface area contributed by atoms with Crippen LogP contribution in [0.25, 0.3) is 0 Å². The summed E-state index contributed by atoms with van der Waals surface area (Å²) in [6.07, 6.45) is 5.82. The summed E-state index contributed by atoms with van der Waals surface area (Å²) in [7, 11) is 0. The van der Waals surface area contributed by atoms with Gasteiger partial charge in [-0.05, 0) is 48.9 Å². The summed E-state index contributed by atoms with van der Waals surface area (Å²) in [6, 6.07) is 10.2. The number of rotatable bonds is 0. The lowest BCUT2D eigenvalue weighted by Crippen LogP contribution is -2.02. The van der Waals surface area contributed by atoms with Crippen molar-refractivity contribution in [2.45, 2.75) is 19.3 Å². The van der Waals surface area contributed by atoms with Crippen LogP contribution in [0.3, 0.4) is 0 Å². The van der Waals surface area contributed by atoms with Gasteiger partial charge < -0.3 is 0 Å². The average Bonchev–Trinajstić information content (AvgIpc) is 2.05. The van der Waals surface area contributed by atoms with E-state index in [1.807, 2.05) is 6.07 Å². The molecule has 49 valence electrons. The van der Waals surface area contributed by atoms with E-state index < -0.39 is 0 Å². The van der Waals surface area contributed by atoms with Gasteiger partial charge in [0.2, 0.25) is 0 Å². The molecule has 3 radical (unpaired) electrons. The molecule has 0 saturated carbocycles. The van der Waals surface area contributed by atoms with E-state index in [0.29, 0.717) is 0 Å². The Morgan fingerprint density at radius 2 is 2.40 bits per heavy atom. The second-order valence-corrected chi connectivity index (χ2v) is 2.64. The molecule has 0 saturated heterocycles. The fourth-order valence-corrected chi connectivity index (χ4v) is 1.37. The molecule has 0 nitrogen and oxygen atoms in total. The third-order valence-electron chi connectivity index (χ3n) is 1.94. The van der Waals surface area contributed by atoms with Gasteiger partial charge in [0.1, 0.15) is 0 Å². The van der Waals surface area contributed by atoms with Crippen molar-refractivity contribution in [1.29, 1.82) is 0 Å². The summed E-state index contributed by atoms with van der Waals surface area (Å²) in [5.41, 5.74) is 2.80. The molecule has 1 aromatic rings. The fraction of sp³-hybridized carbons (Fsp3) is 0.300. The smallest absolute Gasteiger partial charge is 0.00612 e. The molecule has 0 unspecified atom stereocenters. The average molecular weight is 129 g/mol. The highest BCUT2D eigenvalue weighted by Gasteiger charge is 2.06. The van der Waals surface area contributed by atoms with Gasteiger partial charge in [0.05, 0.1) is 0 Å². The van der Waals surface area contributed by atoms with E-state index in [1.165, 1.54) is 17.5 Å². The molecule has 0 N–H and O–H groups in total. The van der Waals surface area contributed by atoms with Gasteiger partial charge in [-0.2, -0.15) is 0 Å². The monoisotopic (exact) mass is 129 g/mol. The van der Waals surface area contributed by atoms with Gasteiger partial charge in [0.25, 0.3) is 0 Å². The minimum Gasteiger partial charge on any atom is -0.0581 e. The lowest BCUT2D eigenvalue weighted by Gasteiger charge is -2.13. The van der Waals surface area contributed by atoms with Crippen molar-refractivity contribution in [1.82, 2.24) is 0 Å². The highest BCUT2D eigenvalue weighted by molar-refractivity contribution is 5.29. The van der Waals surface area contributed by atoms with Gasteiger partial charge in [-0.25, -0.2) is 0 Å². The van der Waals surface area contributed by atoms with Crippen LogP contribution in [-0.2, 0) is 12.8 Å². The summed E-state index contributed by atoms with van der Waals surface area (Å²) in [6.45, 7) is 0. The van der Waals surface area contributed by atoms with Crippen molar-refractivity contribution in [2.24, 2.45) is 0 Å². The van der Waals surface area contributed by atoms with Crippen molar-refractivity contribution in [3.05, 3.63) is 41.8 Å². The first-order chi connectivity index (χ1) is 4.97. The Hall–Kier alpha value is -0.780. The van der Waals surface area contributed by atoms with Crippen LogP contribution >= 0.6 is 0 Å². The van der Waals surface area contributed by atoms with E-state index in [2.05, 4.69) is 24.6 Å². The maximum atomic E-state index is 3.14. The first-order valence-electron chi connectivity index (χ1n) is 3.68. The molecular weight excluding hydrogens is 120 g/mol. The van der Waals surface area contributed by atoms with Crippen molar-refractivity contribution in [3.8, 4) is 0 Å². The lowest BCUT2D eigenvalue weighted by molar-refractivity contribution is 0.828. The zero-order chi connectivity index (χ0) is 6.81. The minimum absolute atomic E-state index is 1.13. The van der Waals surface area contributed by atoms with Gasteiger partial charge >= 0.3 is 0 Å². The quantitative estimate of drug-likeness (QED) is 0.502. The van der Waals surface area contributed by atoms with Gasteiger partial charge in [-0.1, -0.05) is 12.1 Å². The summed E-state index contributed by atoms with van der Waals surface area (Å²) in [5.74, 6) is 0. The molecule has 0 aliphatic heterocycles. The molecule has 2 rings (SSSR count). The molecule has 0 atom stereocenters. The molecule has 10 heavy (non-hydrogen) atoms. The number of hydrogen-bond acceptors (Lipinski definition) is 0. The van der Waals surface area contributed by atoms with Crippen molar-refractivity contribution in [2.75, 3.05) is 0 Å². The Morgan fingerprint density at radius 3 is 3.30 bits per heavy atom. The summed E-state index contributed by atoms with van der Waals surface area (Å²) >= 11 is 0. The highest BCUT2D eigenvalue weighted by atomic mass is 14.1. The Kier molecular flexibility index (Phi) is 1.46. The summed E-state index contributed by atoms with van der Waals surface area (Å²) in [4.78, 5) is 0. The van der Waals surface area contributed by atoms with E-state index in [1.54, 1.807) is 0 Å². The molecule has 0 bridgehead atoms. The normalized spacial score (nSPS) is 16.4. The Labute approximate surface area is 61.9 Å². The van der Waals surface area contributed by atoms with Gasteiger partial charge in [-0.3, -0.25) is 0 Å². The maximum Gasteiger partial charge on any atom is -0.00612 e. The Balaban J connectivity index is 2.41. The van der Waals surface area contributed by atoms with Crippen LogP contribution in [0.4, 0.5) is 0 Å². The first-order valence-corrected chi connectivity index (χ1v) is 3.68. The number of aryl methyl sites for hydroxylation is 1. The van der Waals surface area contributed by atoms with Crippen LogP contribution in [0.5, 0.6) is 0 Å². The third kappa shape index (κ3) is 0.942. The van der Waals surface area contributed by atoms with Gasteiger partial charge in [-0.15, -0.1) is 0 Å². The molecule has 0 heteroatoms. The lowest BCUT2D eigenvalue weighted by atomic mass is 9.92. The van der Waals surface area contributed by atoms with Crippen LogP contribution < -0.4 is 0 Å². The number of fused-ring (bicyclic) bond motifs is 1. The molecule has 0 spiro atoms. The minimum atomic E-state index is 1.13. The number of benzene rings is 1. The van der Waals surface area contributed by atoms with Crippen LogP contribution in [0.1, 0.15) is 17.5 Å². The van der Waals surface area contributed by atoms with E-state index in [0.717, 1.165) is 12.8 Å². The molecule has 0 heterocycles. The zero-order valence-electron chi connectivity index (χ0n) is 5.85. The standard InChI is InChI=1S/C10H9/c1-2-6-10-8-4-3-7-9(10)5-1/h1,3,7H,2,5-6H2. The first kappa shape index (κ1) is 5.96. The second-order valence-electron chi connectivity index (χ2n) is 2.64. The fourth-order valence-electron chi connectivity index (χ4n) is 1.37. The van der Waals surface area contributed by atoms with E-state index >= 15 is 0 Å². The topological polar surface area (TPSA) is 0 Å². The SMILES string of the molecule is [c]1[c]c2c(cc1)C[CH]CC2. The zero-order valence-corrected chi connectivity index (χ0v) is 5.85. The van der Waals surface area contributed by atoms with E-state index in [9.17, 15) is 0 Å². The predicted molar refractivity (Wildman–Crippen MR) is 40.4 cm³/mol. The van der Waals surface area contributed by atoms with Gasteiger partial charge in [0.15, 0.2) is 0 Å². The van der Waals surface area contributed by atoms with E-state index in [-0.39, 0.29) is 0 Å². The highest BCUT2D eigenvalue weighted by Crippen LogP contribution is 2.18. The summed E-state index contributed by atoms with van der Waals surface area (Å²) in [5, 5.41) is 0. The van der Waals surface area contributed by atoms with Crippen LogP contribution in [0, 0.1) is 18.6 Å². The summed E-state index contributed by atoms with van der Waals surface area (Å²) < 4.78 is 0. The Bertz CT molecular complexity index is 200. The molecule has 1 aliphatic rings. The van der Waals surface area contributed by atoms with Crippen molar-refractivity contribution < 1.29 is 0 Å². The molecule has 0 aromatic heterocycles. The molecule has 0 fully saturated rings. The van der Waals surface area contributed by atoms with E-state index in [4.69, 9.17) is 0 Å². The van der Waals surface area contributed by atoms with Crippen LogP contribution in [0.2, 0.25) is 0 Å². The van der Waals surface area contributed by atoms with Crippen molar-refractivity contribution >= 4 is 0 Å². The van der Waals surface area contributed by atoms with Crippen LogP contribution in [-0.4, -0.2) is 0 Å². The van der Waals surface area contributed by atoms with Crippen molar-refractivity contribution in [3.63, 3.8) is 0 Å². The second kappa shape index (κ2) is 2.45. The maximum absolute atomic E-state index is 3.14.